The average Bonchev–Trinajstić information content (AvgIpc) is 2.31. The summed E-state index contributed by atoms with van der Waals surface area (Å²) < 4.78 is 0. The van der Waals surface area contributed by atoms with Crippen molar-refractivity contribution >= 4 is 11.8 Å². The van der Waals surface area contributed by atoms with E-state index in [9.17, 15) is 9.59 Å². The number of rotatable bonds is 0. The van der Waals surface area contributed by atoms with E-state index >= 15 is 0 Å². The minimum atomic E-state index is -0.0606. The van der Waals surface area contributed by atoms with Crippen LogP contribution in [-0.2, 0) is 9.59 Å². The van der Waals surface area contributed by atoms with Crippen LogP contribution in [0.3, 0.4) is 0 Å². The Morgan fingerprint density at radius 1 is 1.08 bits per heavy atom. The molecule has 0 aromatic rings. The molecule has 2 amide bonds. The number of carbonyl (C=O) groups is 2. The fourth-order valence-electron chi connectivity index (χ4n) is 1.44. The molecule has 12 heavy (non-hydrogen) atoms. The highest BCUT2D eigenvalue weighted by molar-refractivity contribution is 5.80. The first-order valence-corrected chi connectivity index (χ1v) is 4.08. The van der Waals surface area contributed by atoms with Crippen LogP contribution in [0, 0.1) is 5.92 Å². The summed E-state index contributed by atoms with van der Waals surface area (Å²) in [5.74, 6) is 0.266. The monoisotopic (exact) mass is 170 g/mol. The summed E-state index contributed by atoms with van der Waals surface area (Å²) in [5.41, 5.74) is 0. The first-order valence-electron chi connectivity index (χ1n) is 4.08. The van der Waals surface area contributed by atoms with Gasteiger partial charge in [-0.2, -0.15) is 0 Å². The van der Waals surface area contributed by atoms with Crippen LogP contribution in [0.1, 0.15) is 20.8 Å². The molecule has 4 nitrogen and oxygen atoms in total. The van der Waals surface area contributed by atoms with Crippen molar-refractivity contribution in [3.63, 3.8) is 0 Å². The normalized spacial score (nSPS) is 18.6. The lowest BCUT2D eigenvalue weighted by atomic mass is 10.2. The highest BCUT2D eigenvalue weighted by atomic mass is 16.2. The van der Waals surface area contributed by atoms with Crippen LogP contribution in [0.2, 0.25) is 0 Å². The minimum Gasteiger partial charge on any atom is -0.273 e. The molecule has 0 aromatic carbocycles. The molecule has 1 heterocycles. The Morgan fingerprint density at radius 2 is 1.42 bits per heavy atom. The largest absolute Gasteiger partial charge is 0.273 e. The third kappa shape index (κ3) is 1.57. The van der Waals surface area contributed by atoms with Gasteiger partial charge in [-0.3, -0.25) is 19.6 Å². The van der Waals surface area contributed by atoms with Gasteiger partial charge in [0.15, 0.2) is 0 Å². The maximum atomic E-state index is 11.0. The molecular formula is C8H14N2O2. The number of carbonyl (C=O) groups excluding carboxylic acids is 2. The van der Waals surface area contributed by atoms with Crippen LogP contribution in [0.5, 0.6) is 0 Å². The van der Waals surface area contributed by atoms with Crippen molar-refractivity contribution in [2.45, 2.75) is 20.8 Å². The zero-order valence-electron chi connectivity index (χ0n) is 7.70. The Kier molecular flexibility index (Phi) is 2.35. The van der Waals surface area contributed by atoms with Crippen molar-refractivity contribution < 1.29 is 9.59 Å². The fraction of sp³-hybridized carbons (Fsp3) is 0.750. The van der Waals surface area contributed by atoms with Gasteiger partial charge in [-0.1, -0.05) is 6.92 Å². The van der Waals surface area contributed by atoms with E-state index < -0.39 is 0 Å². The number of hydrogen-bond donors (Lipinski definition) is 0. The first-order chi connectivity index (χ1) is 5.52. The second-order valence-electron chi connectivity index (χ2n) is 3.31. The standard InChI is InChI=1S/C8H14N2O2/c1-6-4-9(7(2)11)10(5-6)8(3)12/h6H,4-5H2,1-3H3. The average molecular weight is 170 g/mol. The second-order valence-corrected chi connectivity index (χ2v) is 3.31. The van der Waals surface area contributed by atoms with Crippen LogP contribution in [0.15, 0.2) is 0 Å². The predicted octanol–water partition coefficient (Wildman–Crippen LogP) is 0.248. The summed E-state index contributed by atoms with van der Waals surface area (Å²) in [4.78, 5) is 22.1. The van der Waals surface area contributed by atoms with Gasteiger partial charge in [0.05, 0.1) is 0 Å². The van der Waals surface area contributed by atoms with Crippen molar-refractivity contribution in [2.24, 2.45) is 5.92 Å². The molecule has 1 fully saturated rings. The van der Waals surface area contributed by atoms with E-state index in [2.05, 4.69) is 0 Å². The summed E-state index contributed by atoms with van der Waals surface area (Å²) in [6.07, 6.45) is 0. The highest BCUT2D eigenvalue weighted by Crippen LogP contribution is 2.15. The Labute approximate surface area is 72.1 Å². The minimum absolute atomic E-state index is 0.0606. The van der Waals surface area contributed by atoms with Crippen molar-refractivity contribution in [3.05, 3.63) is 0 Å². The quantitative estimate of drug-likeness (QED) is 0.523. The third-order valence-electron chi connectivity index (χ3n) is 1.99. The smallest absolute Gasteiger partial charge is 0.238 e. The lowest BCUT2D eigenvalue weighted by Gasteiger charge is -2.25. The number of hydrazine groups is 1. The predicted molar refractivity (Wildman–Crippen MR) is 43.9 cm³/mol. The zero-order valence-corrected chi connectivity index (χ0v) is 7.70. The molecular weight excluding hydrogens is 156 g/mol. The molecule has 0 aromatic heterocycles. The summed E-state index contributed by atoms with van der Waals surface area (Å²) in [6.45, 7) is 6.31. The van der Waals surface area contributed by atoms with E-state index in [-0.39, 0.29) is 11.8 Å². The molecule has 0 spiro atoms. The van der Waals surface area contributed by atoms with Gasteiger partial charge in [0, 0.05) is 26.9 Å². The molecule has 0 saturated carbocycles. The van der Waals surface area contributed by atoms with E-state index in [1.165, 1.54) is 23.9 Å². The Balaban J connectivity index is 2.72. The maximum Gasteiger partial charge on any atom is 0.238 e. The van der Waals surface area contributed by atoms with Crippen molar-refractivity contribution in [2.75, 3.05) is 13.1 Å². The van der Waals surface area contributed by atoms with Crippen LogP contribution >= 0.6 is 0 Å². The number of hydrogen-bond acceptors (Lipinski definition) is 2. The fourth-order valence-corrected chi connectivity index (χ4v) is 1.44. The molecule has 0 aliphatic carbocycles. The van der Waals surface area contributed by atoms with Crippen molar-refractivity contribution in [3.8, 4) is 0 Å². The van der Waals surface area contributed by atoms with Gasteiger partial charge in [0.25, 0.3) is 0 Å². The third-order valence-corrected chi connectivity index (χ3v) is 1.99. The van der Waals surface area contributed by atoms with Crippen molar-refractivity contribution in [1.82, 2.24) is 10.0 Å². The van der Waals surface area contributed by atoms with Crippen LogP contribution in [-0.4, -0.2) is 34.9 Å². The van der Waals surface area contributed by atoms with Crippen LogP contribution < -0.4 is 0 Å². The van der Waals surface area contributed by atoms with E-state index in [1.807, 2.05) is 6.92 Å². The zero-order chi connectivity index (χ0) is 9.30. The topological polar surface area (TPSA) is 40.6 Å². The molecule has 68 valence electrons. The van der Waals surface area contributed by atoms with Gasteiger partial charge >= 0.3 is 0 Å². The summed E-state index contributed by atoms with van der Waals surface area (Å²) >= 11 is 0. The molecule has 1 aliphatic heterocycles. The van der Waals surface area contributed by atoms with Crippen LogP contribution in [0.25, 0.3) is 0 Å². The maximum absolute atomic E-state index is 11.0. The summed E-state index contributed by atoms with van der Waals surface area (Å²) in [7, 11) is 0. The molecule has 0 bridgehead atoms. The van der Waals surface area contributed by atoms with E-state index in [1.54, 1.807) is 0 Å². The molecule has 0 unspecified atom stereocenters. The summed E-state index contributed by atoms with van der Waals surface area (Å²) in [5, 5.41) is 3.01. The summed E-state index contributed by atoms with van der Waals surface area (Å²) in [6, 6.07) is 0. The Morgan fingerprint density at radius 3 is 1.67 bits per heavy atom. The van der Waals surface area contributed by atoms with E-state index in [0.29, 0.717) is 19.0 Å². The number of amides is 2. The van der Waals surface area contributed by atoms with Gasteiger partial charge in [-0.25, -0.2) is 0 Å². The first kappa shape index (κ1) is 9.03. The van der Waals surface area contributed by atoms with Gasteiger partial charge in [0.1, 0.15) is 0 Å². The van der Waals surface area contributed by atoms with Gasteiger partial charge in [0.2, 0.25) is 11.8 Å². The molecule has 1 aliphatic rings. The Bertz CT molecular complexity index is 193. The molecule has 1 saturated heterocycles. The molecule has 0 atom stereocenters. The van der Waals surface area contributed by atoms with Gasteiger partial charge in [-0.15, -0.1) is 0 Å². The lowest BCUT2D eigenvalue weighted by Crippen LogP contribution is -2.42. The lowest BCUT2D eigenvalue weighted by molar-refractivity contribution is -0.154. The van der Waals surface area contributed by atoms with Crippen LogP contribution in [0.4, 0.5) is 0 Å². The SMILES string of the molecule is CC(=O)N1CC(C)CN1C(C)=O. The molecule has 0 radical (unpaired) electrons. The highest BCUT2D eigenvalue weighted by Gasteiger charge is 2.30. The van der Waals surface area contributed by atoms with Gasteiger partial charge in [-0.05, 0) is 5.92 Å². The number of nitrogens with zero attached hydrogens (tertiary/aromatic N) is 2. The van der Waals surface area contributed by atoms with E-state index in [0.717, 1.165) is 0 Å². The van der Waals surface area contributed by atoms with E-state index in [4.69, 9.17) is 0 Å². The molecule has 4 heteroatoms. The molecule has 0 N–H and O–H groups in total. The Hall–Kier alpha value is -1.06. The second kappa shape index (κ2) is 3.13. The van der Waals surface area contributed by atoms with Crippen molar-refractivity contribution in [1.29, 1.82) is 0 Å². The van der Waals surface area contributed by atoms with Gasteiger partial charge < -0.3 is 0 Å². The molecule has 1 rings (SSSR count).